The molecule has 0 radical (unpaired) electrons. The molecule has 0 unspecified atom stereocenters. The predicted molar refractivity (Wildman–Crippen MR) is 72.5 cm³/mol. The molecule has 0 saturated carbocycles. The van der Waals surface area contributed by atoms with Gasteiger partial charge >= 0.3 is 0 Å². The van der Waals surface area contributed by atoms with Crippen molar-refractivity contribution in [3.05, 3.63) is 46.5 Å². The Balaban J connectivity index is 1.99. The van der Waals surface area contributed by atoms with Crippen molar-refractivity contribution in [2.75, 3.05) is 6.54 Å². The summed E-state index contributed by atoms with van der Waals surface area (Å²) in [5.41, 5.74) is 1.70. The van der Waals surface area contributed by atoms with E-state index in [1.807, 2.05) is 6.20 Å². The SMILES string of the molecule is CCCNCc1cn(Cc2ccc(F)cc2Cl)nn1. The van der Waals surface area contributed by atoms with Crippen LogP contribution in [-0.2, 0) is 13.1 Å². The normalized spacial score (nSPS) is 10.9. The van der Waals surface area contributed by atoms with Crippen molar-refractivity contribution < 1.29 is 4.39 Å². The maximum atomic E-state index is 12.9. The zero-order chi connectivity index (χ0) is 13.7. The van der Waals surface area contributed by atoms with E-state index in [1.54, 1.807) is 10.7 Å². The van der Waals surface area contributed by atoms with Crippen molar-refractivity contribution in [2.45, 2.75) is 26.4 Å². The molecule has 1 N–H and O–H groups in total. The van der Waals surface area contributed by atoms with Crippen LogP contribution in [0.15, 0.2) is 24.4 Å². The van der Waals surface area contributed by atoms with Crippen molar-refractivity contribution in [3.8, 4) is 0 Å². The molecule has 1 aromatic heterocycles. The number of rotatable bonds is 6. The third kappa shape index (κ3) is 4.01. The number of aromatic nitrogens is 3. The van der Waals surface area contributed by atoms with E-state index in [2.05, 4.69) is 22.6 Å². The van der Waals surface area contributed by atoms with E-state index in [4.69, 9.17) is 11.6 Å². The minimum absolute atomic E-state index is 0.336. The zero-order valence-electron chi connectivity index (χ0n) is 10.7. The van der Waals surface area contributed by atoms with Gasteiger partial charge < -0.3 is 5.32 Å². The summed E-state index contributed by atoms with van der Waals surface area (Å²) < 4.78 is 14.6. The van der Waals surface area contributed by atoms with Gasteiger partial charge in [-0.05, 0) is 30.7 Å². The summed E-state index contributed by atoms with van der Waals surface area (Å²) in [6.07, 6.45) is 2.95. The van der Waals surface area contributed by atoms with Crippen molar-refractivity contribution in [1.82, 2.24) is 20.3 Å². The lowest BCUT2D eigenvalue weighted by Crippen LogP contribution is -2.13. The van der Waals surface area contributed by atoms with E-state index in [1.165, 1.54) is 12.1 Å². The molecular weight excluding hydrogens is 267 g/mol. The van der Waals surface area contributed by atoms with E-state index in [9.17, 15) is 4.39 Å². The van der Waals surface area contributed by atoms with Crippen LogP contribution in [0.1, 0.15) is 24.6 Å². The molecule has 0 fully saturated rings. The lowest BCUT2D eigenvalue weighted by Gasteiger charge is -2.03. The number of nitrogens with one attached hydrogen (secondary N) is 1. The molecular formula is C13H16ClFN4. The molecule has 19 heavy (non-hydrogen) atoms. The molecule has 0 spiro atoms. The lowest BCUT2D eigenvalue weighted by molar-refractivity contribution is 0.621. The van der Waals surface area contributed by atoms with Gasteiger partial charge in [0, 0.05) is 11.6 Å². The van der Waals surface area contributed by atoms with Gasteiger partial charge in [-0.3, -0.25) is 0 Å². The molecule has 0 amide bonds. The molecule has 1 aromatic carbocycles. The molecule has 102 valence electrons. The Kier molecular flexibility index (Phi) is 4.87. The highest BCUT2D eigenvalue weighted by Gasteiger charge is 2.05. The van der Waals surface area contributed by atoms with Crippen LogP contribution in [0.3, 0.4) is 0 Å². The molecule has 0 bridgehead atoms. The van der Waals surface area contributed by atoms with Crippen LogP contribution in [0.5, 0.6) is 0 Å². The monoisotopic (exact) mass is 282 g/mol. The summed E-state index contributed by atoms with van der Waals surface area (Å²) >= 11 is 5.97. The molecule has 0 aliphatic heterocycles. The third-order valence-electron chi connectivity index (χ3n) is 2.67. The van der Waals surface area contributed by atoms with Crippen LogP contribution in [0.4, 0.5) is 4.39 Å². The average molecular weight is 283 g/mol. The van der Waals surface area contributed by atoms with Crippen LogP contribution in [0.25, 0.3) is 0 Å². The van der Waals surface area contributed by atoms with Crippen LogP contribution in [0.2, 0.25) is 5.02 Å². The standard InChI is InChI=1S/C13H16ClFN4/c1-2-5-16-7-12-9-19(18-17-12)8-10-3-4-11(15)6-13(10)14/h3-4,6,9,16H,2,5,7-8H2,1H3. The second-order valence-corrected chi connectivity index (χ2v) is 4.73. The van der Waals surface area contributed by atoms with Crippen LogP contribution < -0.4 is 5.32 Å². The molecule has 1 heterocycles. The number of hydrogen-bond donors (Lipinski definition) is 1. The van der Waals surface area contributed by atoms with Gasteiger partial charge in [0.1, 0.15) is 5.82 Å². The van der Waals surface area contributed by atoms with E-state index < -0.39 is 0 Å². The molecule has 6 heteroatoms. The van der Waals surface area contributed by atoms with Crippen molar-refractivity contribution in [3.63, 3.8) is 0 Å². The van der Waals surface area contributed by atoms with Crippen LogP contribution in [-0.4, -0.2) is 21.5 Å². The highest BCUT2D eigenvalue weighted by Crippen LogP contribution is 2.18. The quantitative estimate of drug-likeness (QED) is 0.828. The first-order valence-corrected chi connectivity index (χ1v) is 6.60. The summed E-state index contributed by atoms with van der Waals surface area (Å²) in [5.74, 6) is -0.336. The Bertz CT molecular complexity index is 541. The zero-order valence-corrected chi connectivity index (χ0v) is 11.5. The Morgan fingerprint density at radius 3 is 3.00 bits per heavy atom. The highest BCUT2D eigenvalue weighted by molar-refractivity contribution is 6.31. The van der Waals surface area contributed by atoms with E-state index in [0.29, 0.717) is 18.1 Å². The summed E-state index contributed by atoms with van der Waals surface area (Å²) in [4.78, 5) is 0. The predicted octanol–water partition coefficient (Wildman–Crippen LogP) is 2.62. The van der Waals surface area contributed by atoms with Crippen molar-refractivity contribution in [2.24, 2.45) is 0 Å². The first-order chi connectivity index (χ1) is 9.19. The van der Waals surface area contributed by atoms with Gasteiger partial charge in [0.15, 0.2) is 0 Å². The third-order valence-corrected chi connectivity index (χ3v) is 3.02. The first kappa shape index (κ1) is 14.0. The summed E-state index contributed by atoms with van der Waals surface area (Å²) in [5, 5.41) is 11.8. The Labute approximate surface area is 116 Å². The molecule has 0 atom stereocenters. The minimum Gasteiger partial charge on any atom is -0.311 e. The molecule has 0 aliphatic carbocycles. The molecule has 0 saturated heterocycles. The van der Waals surface area contributed by atoms with E-state index in [0.717, 1.165) is 24.2 Å². The molecule has 2 aromatic rings. The van der Waals surface area contributed by atoms with Gasteiger partial charge in [0.25, 0.3) is 0 Å². The van der Waals surface area contributed by atoms with Gasteiger partial charge in [0.2, 0.25) is 0 Å². The summed E-state index contributed by atoms with van der Waals surface area (Å²) in [6.45, 7) is 4.25. The Morgan fingerprint density at radius 2 is 2.26 bits per heavy atom. The van der Waals surface area contributed by atoms with Crippen molar-refractivity contribution in [1.29, 1.82) is 0 Å². The number of halogens is 2. The topological polar surface area (TPSA) is 42.7 Å². The smallest absolute Gasteiger partial charge is 0.124 e. The average Bonchev–Trinajstić information content (AvgIpc) is 2.81. The Morgan fingerprint density at radius 1 is 1.42 bits per heavy atom. The first-order valence-electron chi connectivity index (χ1n) is 6.22. The minimum atomic E-state index is -0.336. The van der Waals surface area contributed by atoms with Gasteiger partial charge in [-0.15, -0.1) is 5.10 Å². The van der Waals surface area contributed by atoms with E-state index >= 15 is 0 Å². The maximum absolute atomic E-state index is 12.9. The van der Waals surface area contributed by atoms with Gasteiger partial charge in [-0.25, -0.2) is 9.07 Å². The fraction of sp³-hybridized carbons (Fsp3) is 0.385. The lowest BCUT2D eigenvalue weighted by atomic mass is 10.2. The van der Waals surface area contributed by atoms with Crippen LogP contribution in [0, 0.1) is 5.82 Å². The van der Waals surface area contributed by atoms with Gasteiger partial charge in [-0.2, -0.15) is 0 Å². The van der Waals surface area contributed by atoms with E-state index in [-0.39, 0.29) is 5.82 Å². The van der Waals surface area contributed by atoms with Crippen molar-refractivity contribution >= 4 is 11.6 Å². The van der Waals surface area contributed by atoms with Crippen LogP contribution >= 0.6 is 11.6 Å². The number of benzene rings is 1. The molecule has 0 aliphatic rings. The summed E-state index contributed by atoms with van der Waals surface area (Å²) in [6, 6.07) is 4.35. The fourth-order valence-electron chi connectivity index (χ4n) is 1.71. The number of nitrogens with zero attached hydrogens (tertiary/aromatic N) is 3. The number of hydrogen-bond acceptors (Lipinski definition) is 3. The second-order valence-electron chi connectivity index (χ2n) is 4.32. The highest BCUT2D eigenvalue weighted by atomic mass is 35.5. The second kappa shape index (κ2) is 6.63. The maximum Gasteiger partial charge on any atom is 0.124 e. The molecule has 2 rings (SSSR count). The fourth-order valence-corrected chi connectivity index (χ4v) is 1.94. The summed E-state index contributed by atoms with van der Waals surface area (Å²) in [7, 11) is 0. The Hall–Kier alpha value is -1.46. The largest absolute Gasteiger partial charge is 0.311 e. The van der Waals surface area contributed by atoms with Gasteiger partial charge in [0.05, 0.1) is 18.4 Å². The van der Waals surface area contributed by atoms with Gasteiger partial charge in [-0.1, -0.05) is 29.8 Å². The molecule has 4 nitrogen and oxygen atoms in total.